The van der Waals surface area contributed by atoms with E-state index in [2.05, 4.69) is 25.9 Å². The Balaban J connectivity index is 1.38. The minimum atomic E-state index is -1.58. The predicted molar refractivity (Wildman–Crippen MR) is 108 cm³/mol. The third-order valence-electron chi connectivity index (χ3n) is 5.71. The summed E-state index contributed by atoms with van der Waals surface area (Å²) in [4.78, 5) is 35.0. The number of rotatable bonds is 4. The molecule has 8 nitrogen and oxygen atoms in total. The van der Waals surface area contributed by atoms with Gasteiger partial charge in [0.2, 0.25) is 17.8 Å². The summed E-state index contributed by atoms with van der Waals surface area (Å²) in [5.74, 6) is -4.20. The highest BCUT2D eigenvalue weighted by atomic mass is 19.2. The second-order valence-corrected chi connectivity index (χ2v) is 7.86. The highest BCUT2D eigenvalue weighted by Crippen LogP contribution is 2.35. The van der Waals surface area contributed by atoms with Crippen molar-refractivity contribution >= 4 is 35.0 Å². The Labute approximate surface area is 176 Å². The molecule has 164 valence electrons. The molecule has 1 fully saturated rings. The molecule has 1 aliphatic carbocycles. The number of nitrogens with one attached hydrogen (secondary N) is 3. The second kappa shape index (κ2) is 7.71. The maximum absolute atomic E-state index is 13.3. The number of benzene rings is 1. The Morgan fingerprint density at radius 1 is 1.19 bits per heavy atom. The minimum absolute atomic E-state index is 0.0594. The van der Waals surface area contributed by atoms with E-state index in [0.717, 1.165) is 12.1 Å². The lowest BCUT2D eigenvalue weighted by Crippen LogP contribution is -2.45. The van der Waals surface area contributed by atoms with E-state index in [1.807, 2.05) is 0 Å². The number of nitrogens with zero attached hydrogens (tertiary/aromatic N) is 3. The van der Waals surface area contributed by atoms with Crippen LogP contribution in [-0.4, -0.2) is 40.9 Å². The number of fused-ring (bicyclic) bond motifs is 1. The van der Waals surface area contributed by atoms with Gasteiger partial charge in [-0.05, 0) is 26.7 Å². The second-order valence-electron chi connectivity index (χ2n) is 7.86. The molecule has 1 saturated carbocycles. The van der Waals surface area contributed by atoms with Crippen LogP contribution in [0.1, 0.15) is 25.5 Å². The first kappa shape index (κ1) is 20.9. The zero-order valence-corrected chi connectivity index (χ0v) is 17.1. The molecule has 2 amide bonds. The van der Waals surface area contributed by atoms with Crippen LogP contribution in [0.3, 0.4) is 0 Å². The molecular weight excluding hydrogens is 413 g/mol. The highest BCUT2D eigenvalue weighted by molar-refractivity contribution is 6.03. The molecule has 0 radical (unpaired) electrons. The minimum Gasteiger partial charge on any atom is -0.351 e. The van der Waals surface area contributed by atoms with Gasteiger partial charge in [-0.3, -0.25) is 9.59 Å². The van der Waals surface area contributed by atoms with Gasteiger partial charge in [-0.25, -0.2) is 18.2 Å². The molecule has 31 heavy (non-hydrogen) atoms. The molecule has 2 heterocycles. The summed E-state index contributed by atoms with van der Waals surface area (Å²) in [5, 5.41) is 8.40. The molecule has 1 aromatic carbocycles. The molecule has 1 aromatic heterocycles. The Kier molecular flexibility index (Phi) is 5.19. The van der Waals surface area contributed by atoms with E-state index in [9.17, 15) is 22.8 Å². The predicted octanol–water partition coefficient (Wildman–Crippen LogP) is 2.81. The largest absolute Gasteiger partial charge is 0.351 e. The average Bonchev–Trinajstić information content (AvgIpc) is 2.67. The van der Waals surface area contributed by atoms with E-state index in [0.29, 0.717) is 36.0 Å². The van der Waals surface area contributed by atoms with Crippen LogP contribution in [-0.2, 0) is 9.59 Å². The molecule has 0 saturated heterocycles. The molecule has 3 N–H and O–H groups in total. The first-order valence-electron chi connectivity index (χ1n) is 9.78. The zero-order valence-electron chi connectivity index (χ0n) is 17.1. The van der Waals surface area contributed by atoms with Gasteiger partial charge in [0.1, 0.15) is 11.7 Å². The van der Waals surface area contributed by atoms with Crippen LogP contribution < -0.4 is 20.9 Å². The Morgan fingerprint density at radius 3 is 2.48 bits per heavy atom. The Bertz CT molecular complexity index is 1050. The lowest BCUT2D eigenvalue weighted by molar-refractivity contribution is -0.122. The summed E-state index contributed by atoms with van der Waals surface area (Å²) in [6, 6.07) is 1.05. The van der Waals surface area contributed by atoms with Crippen molar-refractivity contribution in [3.63, 3.8) is 0 Å². The van der Waals surface area contributed by atoms with E-state index in [4.69, 9.17) is 0 Å². The zero-order chi connectivity index (χ0) is 22.4. The third-order valence-corrected chi connectivity index (χ3v) is 5.71. The Morgan fingerprint density at radius 2 is 1.84 bits per heavy atom. The fourth-order valence-electron chi connectivity index (χ4n) is 3.62. The average molecular weight is 434 g/mol. The fraction of sp³-hybridized carbons (Fsp3) is 0.400. The number of halogens is 3. The quantitative estimate of drug-likeness (QED) is 0.640. The SMILES string of the molecule is Cc1nc(N[C@H]2C[C@@H](C(=O)Nc3cc(F)c(F)c(F)c3)C2)nc2c1NC(=O)[C@H](C)N2C. The molecule has 11 heteroatoms. The number of aryl methyl sites for hydroxylation is 1. The van der Waals surface area contributed by atoms with E-state index in [1.54, 1.807) is 25.8 Å². The van der Waals surface area contributed by atoms with Crippen molar-refractivity contribution in [2.45, 2.75) is 38.8 Å². The highest BCUT2D eigenvalue weighted by Gasteiger charge is 2.36. The van der Waals surface area contributed by atoms with Crippen molar-refractivity contribution in [2.75, 3.05) is 27.9 Å². The van der Waals surface area contributed by atoms with E-state index in [-0.39, 0.29) is 29.6 Å². The molecule has 1 atom stereocenters. The molecule has 1 aliphatic heterocycles. The van der Waals surface area contributed by atoms with Gasteiger partial charge >= 0.3 is 0 Å². The van der Waals surface area contributed by atoms with Crippen molar-refractivity contribution in [2.24, 2.45) is 5.92 Å². The van der Waals surface area contributed by atoms with Crippen molar-refractivity contribution < 1.29 is 22.8 Å². The normalized spacial score (nSPS) is 22.3. The number of carbonyl (C=O) groups excluding carboxylic acids is 2. The summed E-state index contributed by atoms with van der Waals surface area (Å²) < 4.78 is 39.6. The van der Waals surface area contributed by atoms with Crippen molar-refractivity contribution in [1.29, 1.82) is 0 Å². The number of hydrogen-bond donors (Lipinski definition) is 3. The smallest absolute Gasteiger partial charge is 0.246 e. The van der Waals surface area contributed by atoms with Crippen LogP contribution in [0.4, 0.5) is 36.3 Å². The van der Waals surface area contributed by atoms with Gasteiger partial charge in [-0.1, -0.05) is 0 Å². The number of likely N-dealkylation sites (N-methyl/N-ethyl adjacent to an activating group) is 1. The van der Waals surface area contributed by atoms with Crippen LogP contribution in [0.2, 0.25) is 0 Å². The monoisotopic (exact) mass is 434 g/mol. The van der Waals surface area contributed by atoms with Crippen molar-refractivity contribution in [3.8, 4) is 0 Å². The summed E-state index contributed by atoms with van der Waals surface area (Å²) >= 11 is 0. The summed E-state index contributed by atoms with van der Waals surface area (Å²) in [6.45, 7) is 3.55. The van der Waals surface area contributed by atoms with Crippen LogP contribution >= 0.6 is 0 Å². The summed E-state index contributed by atoms with van der Waals surface area (Å²) in [7, 11) is 1.78. The van der Waals surface area contributed by atoms with E-state index < -0.39 is 23.4 Å². The molecule has 0 spiro atoms. The number of hydrogen-bond acceptors (Lipinski definition) is 6. The maximum Gasteiger partial charge on any atom is 0.246 e. The molecule has 0 unspecified atom stereocenters. The van der Waals surface area contributed by atoms with Crippen LogP contribution in [0.5, 0.6) is 0 Å². The van der Waals surface area contributed by atoms with Crippen molar-refractivity contribution in [3.05, 3.63) is 35.3 Å². The lowest BCUT2D eigenvalue weighted by atomic mass is 9.79. The number of anilines is 4. The van der Waals surface area contributed by atoms with Crippen molar-refractivity contribution in [1.82, 2.24) is 9.97 Å². The van der Waals surface area contributed by atoms with Gasteiger partial charge in [0.15, 0.2) is 23.3 Å². The van der Waals surface area contributed by atoms with Gasteiger partial charge in [-0.15, -0.1) is 0 Å². The molecule has 2 aliphatic rings. The maximum atomic E-state index is 13.3. The molecule has 0 bridgehead atoms. The first-order chi connectivity index (χ1) is 14.6. The van der Waals surface area contributed by atoms with E-state index in [1.165, 1.54) is 0 Å². The number of carbonyl (C=O) groups is 2. The van der Waals surface area contributed by atoms with Crippen LogP contribution in [0.15, 0.2) is 12.1 Å². The first-order valence-corrected chi connectivity index (χ1v) is 9.78. The van der Waals surface area contributed by atoms with Gasteiger partial charge < -0.3 is 20.9 Å². The lowest BCUT2D eigenvalue weighted by Gasteiger charge is -2.36. The van der Waals surface area contributed by atoms with E-state index >= 15 is 0 Å². The molecule has 2 aromatic rings. The third kappa shape index (κ3) is 3.87. The topological polar surface area (TPSA) is 99.2 Å². The number of aromatic nitrogens is 2. The van der Waals surface area contributed by atoms with Gasteiger partial charge in [0.05, 0.1) is 5.69 Å². The summed E-state index contributed by atoms with van der Waals surface area (Å²) in [6.07, 6.45) is 0.945. The van der Waals surface area contributed by atoms with Gasteiger partial charge in [-0.2, -0.15) is 4.98 Å². The Hall–Kier alpha value is -3.37. The van der Waals surface area contributed by atoms with Crippen LogP contribution in [0, 0.1) is 30.3 Å². The van der Waals surface area contributed by atoms with Crippen LogP contribution in [0.25, 0.3) is 0 Å². The number of amides is 2. The molecule has 4 rings (SSSR count). The van der Waals surface area contributed by atoms with Gasteiger partial charge in [0.25, 0.3) is 0 Å². The van der Waals surface area contributed by atoms with Gasteiger partial charge in [0, 0.05) is 36.8 Å². The molecular formula is C20H21F3N6O2. The fourth-order valence-corrected chi connectivity index (χ4v) is 3.62. The standard InChI is InChI=1S/C20H21F3N6O2/c1-8-16-17(29(3)9(2)18(30)27-16)28-20(24-8)26-11-4-10(5-11)19(31)25-12-6-13(21)15(23)14(22)7-12/h6-7,9-11H,4-5H2,1-3H3,(H,25,31)(H,27,30)(H,24,26,28)/t9-,10-,11+/m0/s1. The summed E-state index contributed by atoms with van der Waals surface area (Å²) in [5.41, 5.74) is 1.06.